The number of nitrogens with zero attached hydrogens (tertiary/aromatic N) is 1. The number of rotatable bonds is 4. The minimum absolute atomic E-state index is 0.0129. The van der Waals surface area contributed by atoms with Gasteiger partial charge in [-0.05, 0) is 12.1 Å². The average Bonchev–Trinajstić information content (AvgIpc) is 2.26. The van der Waals surface area contributed by atoms with E-state index in [9.17, 15) is 14.9 Å². The van der Waals surface area contributed by atoms with Crippen molar-refractivity contribution in [1.82, 2.24) is 5.43 Å². The molecule has 0 aliphatic heterocycles. The van der Waals surface area contributed by atoms with Crippen LogP contribution in [0.2, 0.25) is 5.02 Å². The van der Waals surface area contributed by atoms with Gasteiger partial charge in [-0.15, -0.1) is 11.8 Å². The van der Waals surface area contributed by atoms with E-state index >= 15 is 0 Å². The van der Waals surface area contributed by atoms with Crippen LogP contribution in [0, 0.1) is 10.1 Å². The van der Waals surface area contributed by atoms with Gasteiger partial charge in [-0.2, -0.15) is 0 Å². The summed E-state index contributed by atoms with van der Waals surface area (Å²) in [6.45, 7) is 0. The number of carbonyl (C=O) groups excluding carboxylic acids is 1. The molecule has 0 aromatic heterocycles. The highest BCUT2D eigenvalue weighted by Gasteiger charge is 2.15. The highest BCUT2D eigenvalue weighted by atomic mass is 35.5. The van der Waals surface area contributed by atoms with Gasteiger partial charge in [0.05, 0.1) is 15.6 Å². The van der Waals surface area contributed by atoms with Crippen molar-refractivity contribution in [1.29, 1.82) is 0 Å². The number of hydrogen-bond donors (Lipinski definition) is 2. The predicted octanol–water partition coefficient (Wildman–Crippen LogP) is 1.33. The standard InChI is InChI=1S/C8H8ClN3O3S/c9-5-1-2-7(6(3-5)12(14)15)16-4-8(13)11-10/h1-3H,4,10H2,(H,11,13). The normalized spacial score (nSPS) is 9.88. The Hall–Kier alpha value is -1.31. The zero-order valence-corrected chi connectivity index (χ0v) is 9.55. The molecule has 86 valence electrons. The van der Waals surface area contributed by atoms with Crippen molar-refractivity contribution in [2.75, 3.05) is 5.75 Å². The van der Waals surface area contributed by atoms with Gasteiger partial charge in [0.1, 0.15) is 0 Å². The fourth-order valence-electron chi connectivity index (χ4n) is 0.940. The molecule has 0 bridgehead atoms. The summed E-state index contributed by atoms with van der Waals surface area (Å²) in [6.07, 6.45) is 0. The lowest BCUT2D eigenvalue weighted by atomic mass is 10.3. The molecule has 1 aromatic rings. The first-order valence-electron chi connectivity index (χ1n) is 4.10. The SMILES string of the molecule is NNC(=O)CSc1ccc(Cl)cc1[N+](=O)[O-]. The quantitative estimate of drug-likeness (QED) is 0.280. The van der Waals surface area contributed by atoms with E-state index in [-0.39, 0.29) is 16.5 Å². The second-order valence-corrected chi connectivity index (χ2v) is 4.18. The molecule has 0 aliphatic carbocycles. The Morgan fingerprint density at radius 2 is 2.31 bits per heavy atom. The Kier molecular flexibility index (Phi) is 4.53. The van der Waals surface area contributed by atoms with Gasteiger partial charge in [-0.25, -0.2) is 5.84 Å². The number of benzene rings is 1. The third-order valence-corrected chi connectivity index (χ3v) is 2.94. The molecule has 0 spiro atoms. The Balaban J connectivity index is 2.87. The lowest BCUT2D eigenvalue weighted by molar-refractivity contribution is -0.387. The molecule has 0 unspecified atom stereocenters. The van der Waals surface area contributed by atoms with Crippen LogP contribution in [-0.2, 0) is 4.79 Å². The number of amides is 1. The second-order valence-electron chi connectivity index (χ2n) is 2.73. The van der Waals surface area contributed by atoms with Crippen molar-refractivity contribution >= 4 is 35.0 Å². The lowest BCUT2D eigenvalue weighted by Gasteiger charge is -2.02. The van der Waals surface area contributed by atoms with Crippen molar-refractivity contribution in [2.45, 2.75) is 4.90 Å². The molecule has 6 nitrogen and oxygen atoms in total. The summed E-state index contributed by atoms with van der Waals surface area (Å²) in [6, 6.07) is 4.26. The van der Waals surface area contributed by atoms with Gasteiger partial charge in [0.15, 0.2) is 0 Å². The van der Waals surface area contributed by atoms with E-state index in [1.165, 1.54) is 18.2 Å². The van der Waals surface area contributed by atoms with Gasteiger partial charge in [-0.3, -0.25) is 20.3 Å². The van der Waals surface area contributed by atoms with E-state index in [0.717, 1.165) is 11.8 Å². The molecule has 0 saturated heterocycles. The fraction of sp³-hybridized carbons (Fsp3) is 0.125. The van der Waals surface area contributed by atoms with E-state index in [0.29, 0.717) is 4.90 Å². The minimum Gasteiger partial charge on any atom is -0.294 e. The highest BCUT2D eigenvalue weighted by Crippen LogP contribution is 2.31. The third-order valence-electron chi connectivity index (χ3n) is 1.64. The van der Waals surface area contributed by atoms with Crippen molar-refractivity contribution in [3.8, 4) is 0 Å². The average molecular weight is 262 g/mol. The number of carbonyl (C=O) groups is 1. The van der Waals surface area contributed by atoms with E-state index in [2.05, 4.69) is 0 Å². The monoisotopic (exact) mass is 261 g/mol. The van der Waals surface area contributed by atoms with Crippen LogP contribution < -0.4 is 11.3 Å². The lowest BCUT2D eigenvalue weighted by Crippen LogP contribution is -2.31. The maximum atomic E-state index is 10.9. The number of hydrazine groups is 1. The van der Waals surface area contributed by atoms with Crippen molar-refractivity contribution in [2.24, 2.45) is 5.84 Å². The first-order chi connectivity index (χ1) is 7.54. The van der Waals surface area contributed by atoms with E-state index < -0.39 is 10.8 Å². The number of halogens is 1. The van der Waals surface area contributed by atoms with Crippen LogP contribution in [0.3, 0.4) is 0 Å². The van der Waals surface area contributed by atoms with Gasteiger partial charge in [-0.1, -0.05) is 11.6 Å². The Bertz CT molecular complexity index is 427. The molecule has 0 atom stereocenters. The van der Waals surface area contributed by atoms with Gasteiger partial charge in [0.2, 0.25) is 5.91 Å². The molecule has 1 rings (SSSR count). The van der Waals surface area contributed by atoms with Crippen LogP contribution in [0.4, 0.5) is 5.69 Å². The Labute approximate surface area is 100 Å². The maximum absolute atomic E-state index is 10.9. The second kappa shape index (κ2) is 5.69. The molecule has 3 N–H and O–H groups in total. The number of hydrogen-bond acceptors (Lipinski definition) is 5. The summed E-state index contributed by atoms with van der Waals surface area (Å²) < 4.78 is 0. The third kappa shape index (κ3) is 3.37. The molecule has 1 amide bonds. The Morgan fingerprint density at radius 1 is 1.62 bits per heavy atom. The van der Waals surface area contributed by atoms with Gasteiger partial charge in [0, 0.05) is 11.1 Å². The first kappa shape index (κ1) is 12.8. The molecule has 16 heavy (non-hydrogen) atoms. The molecule has 0 radical (unpaired) electrons. The molecular formula is C8H8ClN3O3S. The van der Waals surface area contributed by atoms with Crippen LogP contribution in [0.25, 0.3) is 0 Å². The van der Waals surface area contributed by atoms with Crippen molar-refractivity contribution in [3.05, 3.63) is 33.3 Å². The summed E-state index contributed by atoms with van der Waals surface area (Å²) >= 11 is 6.66. The maximum Gasteiger partial charge on any atom is 0.284 e. The molecule has 0 fully saturated rings. The molecule has 0 heterocycles. The van der Waals surface area contributed by atoms with Crippen molar-refractivity contribution < 1.29 is 9.72 Å². The smallest absolute Gasteiger partial charge is 0.284 e. The van der Waals surface area contributed by atoms with E-state index in [1.54, 1.807) is 0 Å². The van der Waals surface area contributed by atoms with Crippen LogP contribution in [-0.4, -0.2) is 16.6 Å². The number of nitro benzene ring substituents is 1. The topological polar surface area (TPSA) is 98.3 Å². The molecule has 1 aromatic carbocycles. The zero-order valence-electron chi connectivity index (χ0n) is 7.97. The number of nitrogens with two attached hydrogens (primary N) is 1. The minimum atomic E-state index is -0.547. The number of nitrogens with one attached hydrogen (secondary N) is 1. The highest BCUT2D eigenvalue weighted by molar-refractivity contribution is 8.00. The Morgan fingerprint density at radius 3 is 2.88 bits per heavy atom. The largest absolute Gasteiger partial charge is 0.294 e. The summed E-state index contributed by atoms with van der Waals surface area (Å²) in [4.78, 5) is 21.4. The van der Waals surface area contributed by atoms with Gasteiger partial charge in [0.25, 0.3) is 5.69 Å². The summed E-state index contributed by atoms with van der Waals surface area (Å²) in [5.74, 6) is 4.50. The van der Waals surface area contributed by atoms with Gasteiger partial charge < -0.3 is 0 Å². The van der Waals surface area contributed by atoms with E-state index in [4.69, 9.17) is 17.4 Å². The first-order valence-corrected chi connectivity index (χ1v) is 5.47. The molecule has 8 heteroatoms. The number of thioether (sulfide) groups is 1. The fourth-order valence-corrected chi connectivity index (χ4v) is 1.92. The van der Waals surface area contributed by atoms with Crippen LogP contribution in [0.5, 0.6) is 0 Å². The van der Waals surface area contributed by atoms with E-state index in [1.807, 2.05) is 5.43 Å². The molecule has 0 aliphatic rings. The summed E-state index contributed by atoms with van der Waals surface area (Å²) in [7, 11) is 0. The zero-order chi connectivity index (χ0) is 12.1. The van der Waals surface area contributed by atoms with Crippen molar-refractivity contribution in [3.63, 3.8) is 0 Å². The van der Waals surface area contributed by atoms with Crippen LogP contribution in [0.1, 0.15) is 0 Å². The molecule has 0 saturated carbocycles. The summed E-state index contributed by atoms with van der Waals surface area (Å²) in [5.41, 5.74) is 1.82. The number of nitro groups is 1. The van der Waals surface area contributed by atoms with Gasteiger partial charge >= 0.3 is 0 Å². The van der Waals surface area contributed by atoms with Crippen LogP contribution >= 0.6 is 23.4 Å². The molecular weight excluding hydrogens is 254 g/mol. The predicted molar refractivity (Wildman–Crippen MR) is 61.2 cm³/mol. The van der Waals surface area contributed by atoms with Crippen LogP contribution in [0.15, 0.2) is 23.1 Å². The summed E-state index contributed by atoms with van der Waals surface area (Å²) in [5, 5.41) is 11.0.